The summed E-state index contributed by atoms with van der Waals surface area (Å²) in [4.78, 5) is 33.8. The quantitative estimate of drug-likeness (QED) is 0.478. The second-order valence-corrected chi connectivity index (χ2v) is 5.52. The van der Waals surface area contributed by atoms with Crippen molar-refractivity contribution in [2.75, 3.05) is 11.9 Å². The third kappa shape index (κ3) is 4.88. The van der Waals surface area contributed by atoms with Gasteiger partial charge in [-0.1, -0.05) is 23.2 Å². The monoisotopic (exact) mass is 386 g/mol. The Labute approximate surface area is 150 Å². The Kier molecular flexibility index (Phi) is 5.89. The van der Waals surface area contributed by atoms with Crippen molar-refractivity contribution in [1.29, 1.82) is 0 Å². The lowest BCUT2D eigenvalue weighted by atomic mass is 10.2. The number of amides is 1. The molecule has 2 aromatic rings. The van der Waals surface area contributed by atoms with E-state index in [4.69, 9.17) is 27.9 Å². The molecule has 2 rings (SSSR count). The van der Waals surface area contributed by atoms with Crippen molar-refractivity contribution in [3.05, 3.63) is 67.9 Å². The lowest BCUT2D eigenvalue weighted by Gasteiger charge is -2.08. The van der Waals surface area contributed by atoms with Gasteiger partial charge in [-0.2, -0.15) is 0 Å². The summed E-state index contributed by atoms with van der Waals surface area (Å²) >= 11 is 11.3. The van der Waals surface area contributed by atoms with Crippen molar-refractivity contribution >= 4 is 46.5 Å². The molecule has 0 aliphatic carbocycles. The molecule has 0 saturated heterocycles. The fraction of sp³-hybridized carbons (Fsp3) is 0.0667. The van der Waals surface area contributed by atoms with Gasteiger partial charge in [0.05, 0.1) is 9.95 Å². The van der Waals surface area contributed by atoms with Crippen molar-refractivity contribution < 1.29 is 23.6 Å². The lowest BCUT2D eigenvalue weighted by Crippen LogP contribution is -2.21. The minimum absolute atomic E-state index is 0.1000. The lowest BCUT2D eigenvalue weighted by molar-refractivity contribution is -0.385. The molecule has 0 radical (unpaired) electrons. The number of nitro groups is 1. The first-order chi connectivity index (χ1) is 11.8. The zero-order valence-electron chi connectivity index (χ0n) is 12.3. The van der Waals surface area contributed by atoms with Crippen molar-refractivity contribution in [3.8, 4) is 0 Å². The number of nitro benzene ring substituents is 1. The molecule has 0 aliphatic heterocycles. The second-order valence-electron chi connectivity index (χ2n) is 4.67. The van der Waals surface area contributed by atoms with E-state index in [-0.39, 0.29) is 21.3 Å². The van der Waals surface area contributed by atoms with E-state index in [0.29, 0.717) is 0 Å². The zero-order valence-corrected chi connectivity index (χ0v) is 13.8. The van der Waals surface area contributed by atoms with E-state index in [0.717, 1.165) is 18.2 Å². The molecule has 2 aromatic carbocycles. The average Bonchev–Trinajstić information content (AvgIpc) is 2.55. The number of benzene rings is 2. The molecule has 0 unspecified atom stereocenters. The SMILES string of the molecule is O=C(COC(=O)c1cc(Cl)ccc1[N+](=O)[O-])Nc1ccc(F)c(Cl)c1. The molecule has 0 atom stereocenters. The number of carbonyl (C=O) groups is 2. The summed E-state index contributed by atoms with van der Waals surface area (Å²) in [5.41, 5.74) is -0.684. The van der Waals surface area contributed by atoms with Crippen LogP contribution in [0.25, 0.3) is 0 Å². The van der Waals surface area contributed by atoms with Crippen LogP contribution >= 0.6 is 23.2 Å². The Balaban J connectivity index is 2.02. The molecule has 1 amide bonds. The Bertz CT molecular complexity index is 860. The van der Waals surface area contributed by atoms with Crippen molar-refractivity contribution in [3.63, 3.8) is 0 Å². The minimum Gasteiger partial charge on any atom is -0.452 e. The summed E-state index contributed by atoms with van der Waals surface area (Å²) < 4.78 is 17.8. The van der Waals surface area contributed by atoms with Gasteiger partial charge in [0.1, 0.15) is 11.4 Å². The number of anilines is 1. The van der Waals surface area contributed by atoms with E-state index >= 15 is 0 Å². The number of nitrogens with zero attached hydrogens (tertiary/aromatic N) is 1. The van der Waals surface area contributed by atoms with Gasteiger partial charge in [0.15, 0.2) is 6.61 Å². The Morgan fingerprint density at radius 3 is 2.56 bits per heavy atom. The van der Waals surface area contributed by atoms with Gasteiger partial charge in [0, 0.05) is 16.8 Å². The molecule has 0 aliphatic rings. The predicted molar refractivity (Wildman–Crippen MR) is 88.4 cm³/mol. The Hall–Kier alpha value is -2.71. The van der Waals surface area contributed by atoms with Crippen LogP contribution in [-0.2, 0) is 9.53 Å². The summed E-state index contributed by atoms with van der Waals surface area (Å²) in [5, 5.41) is 13.2. The largest absolute Gasteiger partial charge is 0.452 e. The summed E-state index contributed by atoms with van der Waals surface area (Å²) in [7, 11) is 0. The van der Waals surface area contributed by atoms with Gasteiger partial charge in [0.25, 0.3) is 11.6 Å². The number of hydrogen-bond acceptors (Lipinski definition) is 5. The normalized spacial score (nSPS) is 10.2. The first kappa shape index (κ1) is 18.6. The Morgan fingerprint density at radius 1 is 1.20 bits per heavy atom. The van der Waals surface area contributed by atoms with Crippen molar-refractivity contribution in [2.45, 2.75) is 0 Å². The molecule has 25 heavy (non-hydrogen) atoms. The van der Waals surface area contributed by atoms with E-state index in [1.165, 1.54) is 18.2 Å². The molecule has 0 saturated carbocycles. The molecule has 130 valence electrons. The molecule has 0 heterocycles. The Morgan fingerprint density at radius 2 is 1.92 bits per heavy atom. The van der Waals surface area contributed by atoms with Crippen LogP contribution in [0.4, 0.5) is 15.8 Å². The maximum absolute atomic E-state index is 13.0. The molecular formula is C15H9Cl2FN2O5. The number of halogens is 3. The first-order valence-electron chi connectivity index (χ1n) is 6.64. The number of esters is 1. The molecule has 0 aromatic heterocycles. The maximum atomic E-state index is 13.0. The fourth-order valence-corrected chi connectivity index (χ4v) is 2.16. The van der Waals surface area contributed by atoms with Gasteiger partial charge in [-0.25, -0.2) is 9.18 Å². The second kappa shape index (κ2) is 7.91. The molecule has 7 nitrogen and oxygen atoms in total. The summed E-state index contributed by atoms with van der Waals surface area (Å²) in [5.74, 6) is -2.47. The van der Waals surface area contributed by atoms with Crippen LogP contribution in [0, 0.1) is 15.9 Å². The smallest absolute Gasteiger partial charge is 0.345 e. The van der Waals surface area contributed by atoms with Gasteiger partial charge in [-0.15, -0.1) is 0 Å². The zero-order chi connectivity index (χ0) is 18.6. The van der Waals surface area contributed by atoms with E-state index < -0.39 is 34.9 Å². The van der Waals surface area contributed by atoms with Gasteiger partial charge in [0.2, 0.25) is 0 Å². The fourth-order valence-electron chi connectivity index (χ4n) is 1.81. The highest BCUT2D eigenvalue weighted by atomic mass is 35.5. The highest BCUT2D eigenvalue weighted by Crippen LogP contribution is 2.23. The van der Waals surface area contributed by atoms with Crippen LogP contribution in [0.5, 0.6) is 0 Å². The van der Waals surface area contributed by atoms with E-state index in [1.807, 2.05) is 0 Å². The number of rotatable bonds is 5. The van der Waals surface area contributed by atoms with Gasteiger partial charge >= 0.3 is 5.97 Å². The van der Waals surface area contributed by atoms with Crippen molar-refractivity contribution in [2.24, 2.45) is 0 Å². The van der Waals surface area contributed by atoms with Crippen LogP contribution in [0.3, 0.4) is 0 Å². The molecule has 0 fully saturated rings. The predicted octanol–water partition coefficient (Wildman–Crippen LogP) is 3.84. The molecule has 1 N–H and O–H groups in total. The average molecular weight is 387 g/mol. The van der Waals surface area contributed by atoms with E-state index in [9.17, 15) is 24.1 Å². The van der Waals surface area contributed by atoms with Crippen molar-refractivity contribution in [1.82, 2.24) is 0 Å². The third-order valence-corrected chi connectivity index (χ3v) is 3.44. The number of carbonyl (C=O) groups excluding carboxylic acids is 2. The third-order valence-electron chi connectivity index (χ3n) is 2.91. The molecule has 0 bridgehead atoms. The summed E-state index contributed by atoms with van der Waals surface area (Å²) in [6, 6.07) is 6.88. The highest BCUT2D eigenvalue weighted by molar-refractivity contribution is 6.31. The van der Waals surface area contributed by atoms with E-state index in [2.05, 4.69) is 5.32 Å². The topological polar surface area (TPSA) is 98.5 Å². The first-order valence-corrected chi connectivity index (χ1v) is 7.39. The summed E-state index contributed by atoms with van der Waals surface area (Å²) in [6.45, 7) is -0.711. The van der Waals surface area contributed by atoms with E-state index in [1.54, 1.807) is 0 Å². The van der Waals surface area contributed by atoms with Crippen LogP contribution < -0.4 is 5.32 Å². The number of hydrogen-bond donors (Lipinski definition) is 1. The highest BCUT2D eigenvalue weighted by Gasteiger charge is 2.22. The molecule has 0 spiro atoms. The standard InChI is InChI=1S/C15H9Cl2FN2O5/c16-8-1-4-13(20(23)24)10(5-8)15(22)25-7-14(21)19-9-2-3-12(18)11(17)6-9/h1-6H,7H2,(H,19,21). The summed E-state index contributed by atoms with van der Waals surface area (Å²) in [6.07, 6.45) is 0. The minimum atomic E-state index is -1.08. The molecule has 10 heteroatoms. The van der Waals surface area contributed by atoms with Gasteiger partial charge in [-0.05, 0) is 30.3 Å². The van der Waals surface area contributed by atoms with Crippen LogP contribution in [-0.4, -0.2) is 23.4 Å². The van der Waals surface area contributed by atoms with Gasteiger partial charge < -0.3 is 10.1 Å². The number of ether oxygens (including phenoxy) is 1. The number of nitrogens with one attached hydrogen (secondary N) is 1. The van der Waals surface area contributed by atoms with Crippen LogP contribution in [0.15, 0.2) is 36.4 Å². The van der Waals surface area contributed by atoms with Gasteiger partial charge in [-0.3, -0.25) is 14.9 Å². The maximum Gasteiger partial charge on any atom is 0.345 e. The van der Waals surface area contributed by atoms with Crippen LogP contribution in [0.1, 0.15) is 10.4 Å². The molecular weight excluding hydrogens is 378 g/mol. The van der Waals surface area contributed by atoms with Crippen LogP contribution in [0.2, 0.25) is 10.0 Å².